The Morgan fingerprint density at radius 3 is 3.19 bits per heavy atom. The highest BCUT2D eigenvalue weighted by atomic mass is 16.5. The van der Waals surface area contributed by atoms with Gasteiger partial charge < -0.3 is 14.6 Å². The standard InChI is InChI=1S/C16H19N3O2/c1-2-19-9-8-17-15(19)16(20)18-11-12-7-10-21-14-6-4-3-5-13(12)14/h3-6,8-9,12H,2,7,10-11H2,1H3,(H,18,20)/t12-/m0/s1. The number of hydrogen-bond donors (Lipinski definition) is 1. The first-order valence-electron chi connectivity index (χ1n) is 7.30. The van der Waals surface area contributed by atoms with Crippen molar-refractivity contribution in [2.75, 3.05) is 13.2 Å². The maximum atomic E-state index is 12.2. The van der Waals surface area contributed by atoms with Crippen molar-refractivity contribution in [1.82, 2.24) is 14.9 Å². The second-order valence-corrected chi connectivity index (χ2v) is 5.12. The first kappa shape index (κ1) is 13.7. The summed E-state index contributed by atoms with van der Waals surface area (Å²) >= 11 is 0. The number of benzene rings is 1. The number of para-hydroxylation sites is 1. The summed E-state index contributed by atoms with van der Waals surface area (Å²) < 4.78 is 7.48. The first-order chi connectivity index (χ1) is 10.3. The van der Waals surface area contributed by atoms with E-state index < -0.39 is 0 Å². The van der Waals surface area contributed by atoms with Crippen LogP contribution in [0.5, 0.6) is 5.75 Å². The zero-order valence-electron chi connectivity index (χ0n) is 12.1. The number of rotatable bonds is 4. The Bertz CT molecular complexity index is 636. The molecule has 0 saturated carbocycles. The maximum absolute atomic E-state index is 12.2. The molecule has 1 aromatic heterocycles. The van der Waals surface area contributed by atoms with Crippen molar-refractivity contribution in [2.24, 2.45) is 0 Å². The smallest absolute Gasteiger partial charge is 0.287 e. The minimum atomic E-state index is -0.120. The number of amides is 1. The summed E-state index contributed by atoms with van der Waals surface area (Å²) in [5.41, 5.74) is 1.17. The zero-order valence-corrected chi connectivity index (χ0v) is 12.1. The Hall–Kier alpha value is -2.30. The molecule has 0 unspecified atom stereocenters. The van der Waals surface area contributed by atoms with Crippen molar-refractivity contribution in [1.29, 1.82) is 0 Å². The van der Waals surface area contributed by atoms with Gasteiger partial charge in [0.05, 0.1) is 6.61 Å². The van der Waals surface area contributed by atoms with Crippen molar-refractivity contribution in [3.8, 4) is 5.75 Å². The lowest BCUT2D eigenvalue weighted by Crippen LogP contribution is -2.32. The number of aromatic nitrogens is 2. The molecule has 1 aromatic carbocycles. The van der Waals surface area contributed by atoms with Crippen molar-refractivity contribution in [3.05, 3.63) is 48.0 Å². The fourth-order valence-corrected chi connectivity index (χ4v) is 2.70. The lowest BCUT2D eigenvalue weighted by molar-refractivity contribution is 0.0933. The van der Waals surface area contributed by atoms with Crippen LogP contribution < -0.4 is 10.1 Å². The van der Waals surface area contributed by atoms with Crippen molar-refractivity contribution >= 4 is 5.91 Å². The highest BCUT2D eigenvalue weighted by Gasteiger charge is 2.22. The third-order valence-corrected chi connectivity index (χ3v) is 3.85. The molecule has 1 atom stereocenters. The van der Waals surface area contributed by atoms with Gasteiger partial charge in [0.1, 0.15) is 5.75 Å². The molecule has 0 bridgehead atoms. The van der Waals surface area contributed by atoms with Gasteiger partial charge in [-0.1, -0.05) is 18.2 Å². The van der Waals surface area contributed by atoms with Crippen LogP contribution in [-0.4, -0.2) is 28.6 Å². The lowest BCUT2D eigenvalue weighted by Gasteiger charge is -2.25. The van der Waals surface area contributed by atoms with Crippen LogP contribution in [0.4, 0.5) is 0 Å². The van der Waals surface area contributed by atoms with E-state index in [2.05, 4.69) is 16.4 Å². The monoisotopic (exact) mass is 285 g/mol. The lowest BCUT2D eigenvalue weighted by atomic mass is 9.93. The summed E-state index contributed by atoms with van der Waals surface area (Å²) in [6.45, 7) is 4.03. The minimum Gasteiger partial charge on any atom is -0.493 e. The topological polar surface area (TPSA) is 56.2 Å². The molecule has 2 heterocycles. The van der Waals surface area contributed by atoms with Crippen LogP contribution in [0.2, 0.25) is 0 Å². The second-order valence-electron chi connectivity index (χ2n) is 5.12. The highest BCUT2D eigenvalue weighted by molar-refractivity contribution is 5.90. The van der Waals surface area contributed by atoms with Gasteiger partial charge in [-0.15, -0.1) is 0 Å². The summed E-state index contributed by atoms with van der Waals surface area (Å²) in [6, 6.07) is 8.02. The number of ether oxygens (including phenoxy) is 1. The fraction of sp³-hybridized carbons (Fsp3) is 0.375. The number of nitrogens with zero attached hydrogens (tertiary/aromatic N) is 2. The molecule has 3 rings (SSSR count). The van der Waals surface area contributed by atoms with E-state index in [1.54, 1.807) is 6.20 Å². The number of fused-ring (bicyclic) bond motifs is 1. The Labute approximate surface area is 124 Å². The van der Waals surface area contributed by atoms with E-state index in [0.717, 1.165) is 18.7 Å². The Morgan fingerprint density at radius 2 is 2.33 bits per heavy atom. The molecule has 2 aromatic rings. The molecule has 0 fully saturated rings. The molecular weight excluding hydrogens is 266 g/mol. The maximum Gasteiger partial charge on any atom is 0.287 e. The Morgan fingerprint density at radius 1 is 1.48 bits per heavy atom. The quantitative estimate of drug-likeness (QED) is 0.937. The minimum absolute atomic E-state index is 0.120. The van der Waals surface area contributed by atoms with E-state index in [1.165, 1.54) is 5.56 Å². The SMILES string of the molecule is CCn1ccnc1C(=O)NC[C@@H]1CCOc2ccccc21. The number of carbonyl (C=O) groups excluding carboxylic acids is 1. The zero-order chi connectivity index (χ0) is 14.7. The molecule has 21 heavy (non-hydrogen) atoms. The van der Waals surface area contributed by atoms with Gasteiger partial charge in [0.15, 0.2) is 5.82 Å². The number of nitrogens with one attached hydrogen (secondary N) is 1. The van der Waals surface area contributed by atoms with Crippen LogP contribution in [0.15, 0.2) is 36.7 Å². The van der Waals surface area contributed by atoms with E-state index in [0.29, 0.717) is 24.9 Å². The third-order valence-electron chi connectivity index (χ3n) is 3.85. The molecule has 1 aliphatic rings. The molecular formula is C16H19N3O2. The molecule has 0 spiro atoms. The van der Waals surface area contributed by atoms with Crippen LogP contribution >= 0.6 is 0 Å². The van der Waals surface area contributed by atoms with E-state index in [-0.39, 0.29) is 5.91 Å². The predicted molar refractivity (Wildman–Crippen MR) is 79.5 cm³/mol. The van der Waals surface area contributed by atoms with Crippen molar-refractivity contribution in [2.45, 2.75) is 25.8 Å². The fourth-order valence-electron chi connectivity index (χ4n) is 2.70. The van der Waals surface area contributed by atoms with Crippen molar-refractivity contribution < 1.29 is 9.53 Å². The molecule has 0 aliphatic carbocycles. The molecule has 0 saturated heterocycles. The average molecular weight is 285 g/mol. The molecule has 1 aliphatic heterocycles. The second kappa shape index (κ2) is 5.99. The molecule has 5 nitrogen and oxygen atoms in total. The summed E-state index contributed by atoms with van der Waals surface area (Å²) in [6.07, 6.45) is 4.39. The van der Waals surface area contributed by atoms with Gasteiger partial charge in [0.25, 0.3) is 5.91 Å². The van der Waals surface area contributed by atoms with Crippen LogP contribution in [0.25, 0.3) is 0 Å². The van der Waals surface area contributed by atoms with E-state index in [4.69, 9.17) is 4.74 Å². The number of carbonyl (C=O) groups is 1. The first-order valence-corrected chi connectivity index (χ1v) is 7.30. The van der Waals surface area contributed by atoms with Gasteiger partial charge in [0, 0.05) is 31.4 Å². The van der Waals surface area contributed by atoms with Crippen LogP contribution in [-0.2, 0) is 6.54 Å². The van der Waals surface area contributed by atoms with E-state index in [9.17, 15) is 4.79 Å². The molecule has 0 radical (unpaired) electrons. The molecule has 110 valence electrons. The largest absolute Gasteiger partial charge is 0.493 e. The van der Waals surface area contributed by atoms with Gasteiger partial charge in [-0.05, 0) is 25.0 Å². The van der Waals surface area contributed by atoms with Crippen LogP contribution in [0.1, 0.15) is 35.4 Å². The summed E-state index contributed by atoms with van der Waals surface area (Å²) in [7, 11) is 0. The van der Waals surface area contributed by atoms with Gasteiger partial charge in [-0.25, -0.2) is 4.98 Å². The van der Waals surface area contributed by atoms with Gasteiger partial charge >= 0.3 is 0 Å². The van der Waals surface area contributed by atoms with Gasteiger partial charge in [-0.2, -0.15) is 0 Å². The molecule has 1 amide bonds. The van der Waals surface area contributed by atoms with Crippen molar-refractivity contribution in [3.63, 3.8) is 0 Å². The Balaban J connectivity index is 1.67. The van der Waals surface area contributed by atoms with E-state index >= 15 is 0 Å². The molecule has 1 N–H and O–H groups in total. The average Bonchev–Trinajstić information content (AvgIpc) is 3.01. The number of hydrogen-bond acceptors (Lipinski definition) is 3. The van der Waals surface area contributed by atoms with Crippen LogP contribution in [0, 0.1) is 0 Å². The highest BCUT2D eigenvalue weighted by Crippen LogP contribution is 2.32. The summed E-state index contributed by atoms with van der Waals surface area (Å²) in [4.78, 5) is 16.3. The number of aryl methyl sites for hydroxylation is 1. The number of imidazole rings is 1. The molecule has 5 heteroatoms. The van der Waals surface area contributed by atoms with Crippen LogP contribution in [0.3, 0.4) is 0 Å². The normalized spacial score (nSPS) is 16.9. The van der Waals surface area contributed by atoms with Gasteiger partial charge in [-0.3, -0.25) is 4.79 Å². The summed E-state index contributed by atoms with van der Waals surface area (Å²) in [5.74, 6) is 1.57. The predicted octanol–water partition coefficient (Wildman–Crippen LogP) is 2.20. The third kappa shape index (κ3) is 2.77. The van der Waals surface area contributed by atoms with Gasteiger partial charge in [0.2, 0.25) is 0 Å². The van der Waals surface area contributed by atoms with E-state index in [1.807, 2.05) is 35.9 Å². The Kier molecular flexibility index (Phi) is 3.90. The summed E-state index contributed by atoms with van der Waals surface area (Å²) in [5, 5.41) is 2.99.